The van der Waals surface area contributed by atoms with Crippen LogP contribution in [0.25, 0.3) is 0 Å². The fraction of sp³-hybridized carbons (Fsp3) is 0.429. The number of anilines is 1. The number of nitrogens with zero attached hydrogens (tertiary/aromatic N) is 2. The van der Waals surface area contributed by atoms with Crippen molar-refractivity contribution >= 4 is 11.6 Å². The van der Waals surface area contributed by atoms with E-state index in [0.717, 1.165) is 16.8 Å². The van der Waals surface area contributed by atoms with Crippen molar-refractivity contribution < 1.29 is 4.79 Å². The molecule has 1 atom stereocenters. The van der Waals surface area contributed by atoms with Crippen LogP contribution in [0.3, 0.4) is 0 Å². The lowest BCUT2D eigenvalue weighted by Gasteiger charge is -2.21. The van der Waals surface area contributed by atoms with E-state index in [4.69, 9.17) is 5.26 Å². The first kappa shape index (κ1) is 11.7. The van der Waals surface area contributed by atoms with Crippen LogP contribution in [0.4, 0.5) is 5.69 Å². The van der Waals surface area contributed by atoms with Gasteiger partial charge >= 0.3 is 0 Å². The van der Waals surface area contributed by atoms with Crippen molar-refractivity contribution in [3.8, 4) is 6.07 Å². The second kappa shape index (κ2) is 3.89. The van der Waals surface area contributed by atoms with E-state index in [0.29, 0.717) is 12.8 Å². The molecule has 0 saturated heterocycles. The van der Waals surface area contributed by atoms with E-state index in [2.05, 4.69) is 6.07 Å². The van der Waals surface area contributed by atoms with Gasteiger partial charge in [-0.25, -0.2) is 0 Å². The Kier molecular flexibility index (Phi) is 2.66. The highest BCUT2D eigenvalue weighted by Gasteiger charge is 2.45. The Bertz CT molecular complexity index is 515. The van der Waals surface area contributed by atoms with Crippen molar-refractivity contribution in [1.29, 1.82) is 5.26 Å². The van der Waals surface area contributed by atoms with Gasteiger partial charge in [-0.3, -0.25) is 4.79 Å². The van der Waals surface area contributed by atoms with E-state index in [1.165, 1.54) is 0 Å². The van der Waals surface area contributed by atoms with Crippen LogP contribution in [-0.2, 0) is 10.2 Å². The molecule has 3 heteroatoms. The number of amides is 1. The molecule has 1 amide bonds. The maximum atomic E-state index is 12.3. The minimum Gasteiger partial charge on any atom is -0.314 e. The quantitative estimate of drug-likeness (QED) is 0.780. The van der Waals surface area contributed by atoms with E-state index in [9.17, 15) is 4.79 Å². The lowest BCUT2D eigenvalue weighted by Crippen LogP contribution is -2.35. The Morgan fingerprint density at radius 3 is 2.82 bits per heavy atom. The van der Waals surface area contributed by atoms with E-state index in [1.54, 1.807) is 11.9 Å². The van der Waals surface area contributed by atoms with Gasteiger partial charge in [0.05, 0.1) is 11.5 Å². The molecule has 0 bridgehead atoms. The summed E-state index contributed by atoms with van der Waals surface area (Å²) in [4.78, 5) is 14.0. The molecule has 0 saturated carbocycles. The molecule has 17 heavy (non-hydrogen) atoms. The van der Waals surface area contributed by atoms with Gasteiger partial charge in [0.2, 0.25) is 5.91 Å². The summed E-state index contributed by atoms with van der Waals surface area (Å²) in [5.41, 5.74) is 2.64. The number of hydrogen-bond donors (Lipinski definition) is 0. The average Bonchev–Trinajstić information content (AvgIpc) is 2.50. The molecule has 0 aliphatic carbocycles. The number of hydrogen-bond acceptors (Lipinski definition) is 2. The zero-order valence-corrected chi connectivity index (χ0v) is 10.4. The Labute approximate surface area is 102 Å². The highest BCUT2D eigenvalue weighted by molar-refractivity contribution is 6.07. The molecule has 0 unspecified atom stereocenters. The van der Waals surface area contributed by atoms with Crippen molar-refractivity contribution in [2.75, 3.05) is 11.9 Å². The molecule has 1 aromatic rings. The molecular weight excluding hydrogens is 212 g/mol. The summed E-state index contributed by atoms with van der Waals surface area (Å²) >= 11 is 0. The summed E-state index contributed by atoms with van der Waals surface area (Å²) in [7, 11) is 1.80. The van der Waals surface area contributed by atoms with Crippen molar-refractivity contribution in [3.63, 3.8) is 0 Å². The van der Waals surface area contributed by atoms with Crippen LogP contribution in [0, 0.1) is 18.3 Å². The predicted molar refractivity (Wildman–Crippen MR) is 66.8 cm³/mol. The highest BCUT2D eigenvalue weighted by Crippen LogP contribution is 2.43. The van der Waals surface area contributed by atoms with Gasteiger partial charge in [0.25, 0.3) is 0 Å². The van der Waals surface area contributed by atoms with Crippen molar-refractivity contribution in [2.24, 2.45) is 0 Å². The zero-order chi connectivity index (χ0) is 12.6. The molecule has 0 N–H and O–H groups in total. The summed E-state index contributed by atoms with van der Waals surface area (Å²) in [5.74, 6) is 0.0911. The Morgan fingerprint density at radius 2 is 2.18 bits per heavy atom. The van der Waals surface area contributed by atoms with Crippen LogP contribution < -0.4 is 4.90 Å². The second-order valence-corrected chi connectivity index (χ2v) is 4.87. The van der Waals surface area contributed by atoms with Crippen molar-refractivity contribution in [2.45, 2.75) is 32.1 Å². The molecule has 2 rings (SSSR count). The SMILES string of the molecule is Cc1ccc2c(c1)N(C)C(=O)[C@@]2(C)CCC#N. The fourth-order valence-corrected chi connectivity index (χ4v) is 2.53. The van der Waals surface area contributed by atoms with Gasteiger partial charge in [-0.15, -0.1) is 0 Å². The van der Waals surface area contributed by atoms with Gasteiger partial charge in [-0.1, -0.05) is 12.1 Å². The summed E-state index contributed by atoms with van der Waals surface area (Å²) in [6, 6.07) is 8.20. The average molecular weight is 228 g/mol. The third-order valence-corrected chi connectivity index (χ3v) is 3.62. The number of aryl methyl sites for hydroxylation is 1. The number of benzene rings is 1. The number of nitriles is 1. The van der Waals surface area contributed by atoms with Gasteiger partial charge in [-0.2, -0.15) is 5.26 Å². The highest BCUT2D eigenvalue weighted by atomic mass is 16.2. The smallest absolute Gasteiger partial charge is 0.237 e. The largest absolute Gasteiger partial charge is 0.314 e. The minimum absolute atomic E-state index is 0.0911. The predicted octanol–water partition coefficient (Wildman–Crippen LogP) is 2.53. The first-order valence-electron chi connectivity index (χ1n) is 5.77. The molecule has 0 aromatic heterocycles. The number of carbonyl (C=O) groups is 1. The summed E-state index contributed by atoms with van der Waals surface area (Å²) in [5, 5.41) is 8.71. The van der Waals surface area contributed by atoms with Crippen LogP contribution in [0.1, 0.15) is 30.9 Å². The van der Waals surface area contributed by atoms with Gasteiger partial charge in [0.15, 0.2) is 0 Å². The normalized spacial score (nSPS) is 22.5. The van der Waals surface area contributed by atoms with Crippen LogP contribution in [-0.4, -0.2) is 13.0 Å². The first-order chi connectivity index (χ1) is 8.00. The van der Waals surface area contributed by atoms with Crippen LogP contribution >= 0.6 is 0 Å². The zero-order valence-electron chi connectivity index (χ0n) is 10.4. The lowest BCUT2D eigenvalue weighted by atomic mass is 9.79. The number of fused-ring (bicyclic) bond motifs is 1. The fourth-order valence-electron chi connectivity index (χ4n) is 2.53. The molecule has 1 aliphatic rings. The summed E-state index contributed by atoms with van der Waals surface area (Å²) in [6.45, 7) is 3.95. The maximum Gasteiger partial charge on any atom is 0.237 e. The molecule has 1 aliphatic heterocycles. The van der Waals surface area contributed by atoms with Crippen LogP contribution in [0.5, 0.6) is 0 Å². The Balaban J connectivity index is 2.52. The van der Waals surface area contributed by atoms with Gasteiger partial charge < -0.3 is 4.90 Å². The molecule has 0 spiro atoms. The van der Waals surface area contributed by atoms with Crippen LogP contribution in [0.15, 0.2) is 18.2 Å². The second-order valence-electron chi connectivity index (χ2n) is 4.87. The van der Waals surface area contributed by atoms with E-state index >= 15 is 0 Å². The van der Waals surface area contributed by atoms with E-state index in [1.807, 2.05) is 32.0 Å². The monoisotopic (exact) mass is 228 g/mol. The molecule has 0 fully saturated rings. The van der Waals surface area contributed by atoms with E-state index in [-0.39, 0.29) is 5.91 Å². The molecule has 0 radical (unpaired) electrons. The Hall–Kier alpha value is -1.82. The van der Waals surface area contributed by atoms with E-state index < -0.39 is 5.41 Å². The number of carbonyl (C=O) groups excluding carboxylic acids is 1. The summed E-state index contributed by atoms with van der Waals surface area (Å²) in [6.07, 6.45) is 0.992. The minimum atomic E-state index is -0.534. The topological polar surface area (TPSA) is 44.1 Å². The molecule has 1 heterocycles. The third-order valence-electron chi connectivity index (χ3n) is 3.62. The number of likely N-dealkylation sites (N-methyl/N-ethyl adjacent to an activating group) is 1. The first-order valence-corrected chi connectivity index (χ1v) is 5.77. The third kappa shape index (κ3) is 1.61. The van der Waals surface area contributed by atoms with Gasteiger partial charge in [0.1, 0.15) is 0 Å². The Morgan fingerprint density at radius 1 is 1.47 bits per heavy atom. The molecule has 3 nitrogen and oxygen atoms in total. The van der Waals surface area contributed by atoms with Gasteiger partial charge in [0, 0.05) is 19.2 Å². The van der Waals surface area contributed by atoms with Crippen molar-refractivity contribution in [3.05, 3.63) is 29.3 Å². The van der Waals surface area contributed by atoms with Crippen LogP contribution in [0.2, 0.25) is 0 Å². The lowest BCUT2D eigenvalue weighted by molar-refractivity contribution is -0.122. The van der Waals surface area contributed by atoms with Gasteiger partial charge in [-0.05, 0) is 37.5 Å². The standard InChI is InChI=1S/C14H16N2O/c1-10-5-6-11-12(9-10)16(3)13(17)14(11,2)7-4-8-15/h5-6,9H,4,7H2,1-3H3/t14-/m0/s1. The maximum absolute atomic E-state index is 12.3. The molecule has 1 aromatic carbocycles. The number of rotatable bonds is 2. The summed E-state index contributed by atoms with van der Waals surface area (Å²) < 4.78 is 0. The van der Waals surface area contributed by atoms with Crippen molar-refractivity contribution in [1.82, 2.24) is 0 Å². The molecular formula is C14H16N2O. The molecule has 88 valence electrons.